The van der Waals surface area contributed by atoms with Crippen molar-refractivity contribution in [2.45, 2.75) is 44.6 Å². The molecule has 0 spiro atoms. The van der Waals surface area contributed by atoms with E-state index < -0.39 is 5.54 Å². The summed E-state index contributed by atoms with van der Waals surface area (Å²) < 4.78 is 4.66. The van der Waals surface area contributed by atoms with Crippen molar-refractivity contribution < 1.29 is 9.53 Å². The van der Waals surface area contributed by atoms with Crippen LogP contribution in [-0.2, 0) is 9.53 Å². The van der Waals surface area contributed by atoms with E-state index in [-0.39, 0.29) is 5.97 Å². The minimum absolute atomic E-state index is 0.292. The number of ether oxygens (including phenoxy) is 1. The highest BCUT2D eigenvalue weighted by molar-refractivity contribution is 5.79. The Kier molecular flexibility index (Phi) is 3.31. The summed E-state index contributed by atoms with van der Waals surface area (Å²) in [6.45, 7) is 1.76. The van der Waals surface area contributed by atoms with Crippen LogP contribution >= 0.6 is 0 Å². The van der Waals surface area contributed by atoms with E-state index in [1.165, 1.54) is 32.8 Å². The lowest BCUT2D eigenvalue weighted by molar-refractivity contribution is -0.147. The monoisotopic (exact) mass is 185 g/mol. The van der Waals surface area contributed by atoms with Gasteiger partial charge in [-0.05, 0) is 19.3 Å². The second kappa shape index (κ2) is 4.09. The van der Waals surface area contributed by atoms with Gasteiger partial charge in [0.1, 0.15) is 5.54 Å². The zero-order chi connectivity index (χ0) is 9.90. The van der Waals surface area contributed by atoms with Crippen LogP contribution in [0.4, 0.5) is 0 Å². The number of methoxy groups -OCH3 is 1. The van der Waals surface area contributed by atoms with Gasteiger partial charge in [0.25, 0.3) is 0 Å². The standard InChI is InChI=1S/C10H19NO2/c1-10(11,9(12)13-2)7-8-5-3-4-6-8/h8H,3-7,11H2,1-2H3. The van der Waals surface area contributed by atoms with Gasteiger partial charge in [-0.25, -0.2) is 0 Å². The van der Waals surface area contributed by atoms with Gasteiger partial charge in [-0.2, -0.15) is 0 Å². The van der Waals surface area contributed by atoms with E-state index in [0.717, 1.165) is 6.42 Å². The maximum Gasteiger partial charge on any atom is 0.325 e. The van der Waals surface area contributed by atoms with Crippen LogP contribution in [0, 0.1) is 5.92 Å². The highest BCUT2D eigenvalue weighted by Crippen LogP contribution is 2.31. The van der Waals surface area contributed by atoms with Gasteiger partial charge >= 0.3 is 5.97 Å². The van der Waals surface area contributed by atoms with E-state index in [1.54, 1.807) is 6.92 Å². The summed E-state index contributed by atoms with van der Waals surface area (Å²) in [6.07, 6.45) is 5.75. The Labute approximate surface area is 79.6 Å². The fourth-order valence-electron chi connectivity index (χ4n) is 2.13. The van der Waals surface area contributed by atoms with Gasteiger partial charge in [-0.15, -0.1) is 0 Å². The zero-order valence-corrected chi connectivity index (χ0v) is 8.51. The number of carbonyl (C=O) groups is 1. The molecule has 1 fully saturated rings. The summed E-state index contributed by atoms with van der Waals surface area (Å²) in [7, 11) is 1.39. The maximum atomic E-state index is 11.3. The van der Waals surface area contributed by atoms with Crippen molar-refractivity contribution in [3.8, 4) is 0 Å². The quantitative estimate of drug-likeness (QED) is 0.677. The lowest BCUT2D eigenvalue weighted by Crippen LogP contribution is -2.46. The number of esters is 1. The molecule has 0 aromatic heterocycles. The van der Waals surface area contributed by atoms with Gasteiger partial charge in [-0.1, -0.05) is 25.7 Å². The summed E-state index contributed by atoms with van der Waals surface area (Å²) in [5.41, 5.74) is 5.09. The first-order valence-corrected chi connectivity index (χ1v) is 4.93. The first kappa shape index (κ1) is 10.5. The highest BCUT2D eigenvalue weighted by Gasteiger charge is 2.33. The average Bonchev–Trinajstić information content (AvgIpc) is 2.54. The lowest BCUT2D eigenvalue weighted by atomic mass is 9.89. The van der Waals surface area contributed by atoms with E-state index in [4.69, 9.17) is 5.73 Å². The number of hydrogen-bond donors (Lipinski definition) is 1. The van der Waals surface area contributed by atoms with Crippen LogP contribution in [-0.4, -0.2) is 18.6 Å². The van der Waals surface area contributed by atoms with E-state index in [9.17, 15) is 4.79 Å². The molecule has 0 saturated heterocycles. The minimum Gasteiger partial charge on any atom is -0.468 e. The van der Waals surface area contributed by atoms with Crippen molar-refractivity contribution in [2.75, 3.05) is 7.11 Å². The Bertz CT molecular complexity index is 183. The topological polar surface area (TPSA) is 52.3 Å². The minimum atomic E-state index is -0.788. The van der Waals surface area contributed by atoms with Crippen LogP contribution < -0.4 is 5.73 Å². The molecule has 0 heterocycles. The average molecular weight is 185 g/mol. The largest absolute Gasteiger partial charge is 0.468 e. The summed E-state index contributed by atoms with van der Waals surface area (Å²) >= 11 is 0. The zero-order valence-electron chi connectivity index (χ0n) is 8.51. The van der Waals surface area contributed by atoms with Gasteiger partial charge in [0.2, 0.25) is 0 Å². The molecule has 1 aliphatic rings. The number of carbonyl (C=O) groups excluding carboxylic acids is 1. The first-order valence-electron chi connectivity index (χ1n) is 4.93. The van der Waals surface area contributed by atoms with E-state index in [0.29, 0.717) is 5.92 Å². The Hall–Kier alpha value is -0.570. The summed E-state index contributed by atoms with van der Waals surface area (Å²) in [5.74, 6) is 0.327. The van der Waals surface area contributed by atoms with Crippen LogP contribution in [0.2, 0.25) is 0 Å². The van der Waals surface area contributed by atoms with E-state index in [1.807, 2.05) is 0 Å². The molecule has 3 heteroatoms. The molecular formula is C10H19NO2. The number of hydrogen-bond acceptors (Lipinski definition) is 3. The van der Waals surface area contributed by atoms with Crippen LogP contribution in [0.25, 0.3) is 0 Å². The molecule has 1 atom stereocenters. The third kappa shape index (κ3) is 2.69. The lowest BCUT2D eigenvalue weighted by Gasteiger charge is -2.24. The molecule has 3 nitrogen and oxygen atoms in total. The van der Waals surface area contributed by atoms with Crippen molar-refractivity contribution >= 4 is 5.97 Å². The number of rotatable bonds is 3. The predicted molar refractivity (Wildman–Crippen MR) is 51.2 cm³/mol. The van der Waals surface area contributed by atoms with Crippen molar-refractivity contribution in [3.63, 3.8) is 0 Å². The van der Waals surface area contributed by atoms with Crippen LogP contribution in [0.15, 0.2) is 0 Å². The molecule has 0 aromatic rings. The fourth-order valence-corrected chi connectivity index (χ4v) is 2.13. The molecule has 2 N–H and O–H groups in total. The second-order valence-electron chi connectivity index (χ2n) is 4.26. The Morgan fingerprint density at radius 2 is 2.08 bits per heavy atom. The molecule has 0 aliphatic heterocycles. The van der Waals surface area contributed by atoms with E-state index in [2.05, 4.69) is 4.74 Å². The third-order valence-corrected chi connectivity index (χ3v) is 2.84. The molecule has 1 rings (SSSR count). The molecule has 0 aromatic carbocycles. The maximum absolute atomic E-state index is 11.3. The molecule has 1 aliphatic carbocycles. The molecule has 13 heavy (non-hydrogen) atoms. The van der Waals surface area contributed by atoms with Crippen molar-refractivity contribution in [3.05, 3.63) is 0 Å². The van der Waals surface area contributed by atoms with Crippen LogP contribution in [0.1, 0.15) is 39.0 Å². The van der Waals surface area contributed by atoms with Gasteiger partial charge in [-0.3, -0.25) is 4.79 Å². The van der Waals surface area contributed by atoms with Gasteiger partial charge in [0, 0.05) is 0 Å². The fraction of sp³-hybridized carbons (Fsp3) is 0.900. The first-order chi connectivity index (χ1) is 6.06. The summed E-state index contributed by atoms with van der Waals surface area (Å²) in [5, 5.41) is 0. The SMILES string of the molecule is COC(=O)C(C)(N)CC1CCCC1. The second-order valence-corrected chi connectivity index (χ2v) is 4.26. The molecule has 0 radical (unpaired) electrons. The van der Waals surface area contributed by atoms with Crippen molar-refractivity contribution in [1.82, 2.24) is 0 Å². The molecule has 1 saturated carbocycles. The van der Waals surface area contributed by atoms with E-state index >= 15 is 0 Å². The van der Waals surface area contributed by atoms with Crippen LogP contribution in [0.5, 0.6) is 0 Å². The smallest absolute Gasteiger partial charge is 0.325 e. The summed E-state index contributed by atoms with van der Waals surface area (Å²) in [4.78, 5) is 11.3. The van der Waals surface area contributed by atoms with Gasteiger partial charge in [0.15, 0.2) is 0 Å². The number of nitrogens with two attached hydrogens (primary N) is 1. The Morgan fingerprint density at radius 1 is 1.54 bits per heavy atom. The van der Waals surface area contributed by atoms with Crippen molar-refractivity contribution in [1.29, 1.82) is 0 Å². The Morgan fingerprint density at radius 3 is 2.54 bits per heavy atom. The molecular weight excluding hydrogens is 166 g/mol. The van der Waals surface area contributed by atoms with Crippen molar-refractivity contribution in [2.24, 2.45) is 11.7 Å². The molecule has 1 unspecified atom stereocenters. The highest BCUT2D eigenvalue weighted by atomic mass is 16.5. The predicted octanol–water partition coefficient (Wildman–Crippen LogP) is 1.46. The van der Waals surface area contributed by atoms with Gasteiger partial charge < -0.3 is 10.5 Å². The summed E-state index contributed by atoms with van der Waals surface area (Å²) in [6, 6.07) is 0. The molecule has 76 valence electrons. The third-order valence-electron chi connectivity index (χ3n) is 2.84. The Balaban J connectivity index is 2.44. The normalized spacial score (nSPS) is 22.7. The van der Waals surface area contributed by atoms with Crippen LogP contribution in [0.3, 0.4) is 0 Å². The van der Waals surface area contributed by atoms with Gasteiger partial charge in [0.05, 0.1) is 7.11 Å². The molecule has 0 amide bonds. The molecule has 0 bridgehead atoms.